The van der Waals surface area contributed by atoms with Gasteiger partial charge in [0.05, 0.1) is 12.8 Å². The van der Waals surface area contributed by atoms with Gasteiger partial charge in [0, 0.05) is 11.8 Å². The van der Waals surface area contributed by atoms with Crippen molar-refractivity contribution in [2.24, 2.45) is 0 Å². The highest BCUT2D eigenvalue weighted by Gasteiger charge is 2.13. The van der Waals surface area contributed by atoms with E-state index in [1.54, 1.807) is 24.5 Å². The highest BCUT2D eigenvalue weighted by atomic mass is 16.5. The van der Waals surface area contributed by atoms with Crippen molar-refractivity contribution in [2.45, 2.75) is 26.2 Å². The first kappa shape index (κ1) is 19.4. The number of benzene rings is 1. The van der Waals surface area contributed by atoms with Gasteiger partial charge >= 0.3 is 6.03 Å². The van der Waals surface area contributed by atoms with E-state index in [9.17, 15) is 4.79 Å². The smallest absolute Gasteiger partial charge is 0.319 e. The highest BCUT2D eigenvalue weighted by molar-refractivity contribution is 5.89. The monoisotopic (exact) mass is 380 g/mol. The predicted octanol–water partition coefficient (Wildman–Crippen LogP) is 4.23. The van der Waals surface area contributed by atoms with Gasteiger partial charge < -0.3 is 19.8 Å². The lowest BCUT2D eigenvalue weighted by Gasteiger charge is -2.19. The van der Waals surface area contributed by atoms with Crippen molar-refractivity contribution in [1.29, 1.82) is 0 Å². The summed E-state index contributed by atoms with van der Waals surface area (Å²) in [6.45, 7) is 7.07. The second kappa shape index (κ2) is 8.56. The SMILES string of the molecule is CC(C)(C)c1ccc(NC(=O)NCCOc2ccc(-c3ccco3)nn2)cc1. The Morgan fingerprint density at radius 2 is 1.86 bits per heavy atom. The van der Waals surface area contributed by atoms with E-state index in [0.29, 0.717) is 23.9 Å². The molecule has 3 aromatic rings. The molecule has 0 fully saturated rings. The molecule has 2 heterocycles. The predicted molar refractivity (Wildman–Crippen MR) is 107 cm³/mol. The molecular formula is C21H24N4O3. The zero-order valence-electron chi connectivity index (χ0n) is 16.2. The van der Waals surface area contributed by atoms with Crippen LogP contribution in [0.15, 0.2) is 59.2 Å². The van der Waals surface area contributed by atoms with Gasteiger partial charge in [0.25, 0.3) is 0 Å². The molecular weight excluding hydrogens is 356 g/mol. The molecule has 1 aromatic carbocycles. The molecule has 2 aromatic heterocycles. The van der Waals surface area contributed by atoms with Crippen LogP contribution in [0.1, 0.15) is 26.3 Å². The van der Waals surface area contributed by atoms with Gasteiger partial charge in [-0.2, -0.15) is 0 Å². The lowest BCUT2D eigenvalue weighted by atomic mass is 9.87. The van der Waals surface area contributed by atoms with Crippen molar-refractivity contribution >= 4 is 11.7 Å². The number of rotatable bonds is 6. The van der Waals surface area contributed by atoms with E-state index in [4.69, 9.17) is 9.15 Å². The summed E-state index contributed by atoms with van der Waals surface area (Å²) in [5.74, 6) is 1.03. The molecule has 0 aliphatic carbocycles. The summed E-state index contributed by atoms with van der Waals surface area (Å²) in [7, 11) is 0. The minimum Gasteiger partial charge on any atom is -0.475 e. The third-order valence-electron chi connectivity index (χ3n) is 4.06. The van der Waals surface area contributed by atoms with Gasteiger partial charge in [0.1, 0.15) is 12.3 Å². The van der Waals surface area contributed by atoms with Crippen molar-refractivity contribution in [3.05, 3.63) is 60.4 Å². The molecule has 0 atom stereocenters. The average molecular weight is 380 g/mol. The number of nitrogens with zero attached hydrogens (tertiary/aromatic N) is 2. The molecule has 0 aliphatic rings. The second-order valence-corrected chi connectivity index (χ2v) is 7.29. The summed E-state index contributed by atoms with van der Waals surface area (Å²) >= 11 is 0. The Morgan fingerprint density at radius 3 is 2.46 bits per heavy atom. The van der Waals surface area contributed by atoms with E-state index in [1.165, 1.54) is 5.56 Å². The lowest BCUT2D eigenvalue weighted by Crippen LogP contribution is -2.32. The maximum atomic E-state index is 12.0. The fourth-order valence-electron chi connectivity index (χ4n) is 2.50. The Kier molecular flexibility index (Phi) is 5.93. The molecule has 0 saturated heterocycles. The number of ether oxygens (including phenoxy) is 1. The van der Waals surface area contributed by atoms with E-state index in [0.717, 1.165) is 5.69 Å². The number of urea groups is 1. The maximum Gasteiger partial charge on any atom is 0.319 e. The van der Waals surface area contributed by atoms with Crippen molar-refractivity contribution in [3.8, 4) is 17.3 Å². The minimum atomic E-state index is -0.286. The van der Waals surface area contributed by atoms with E-state index in [2.05, 4.69) is 41.6 Å². The number of carbonyl (C=O) groups is 1. The van der Waals surface area contributed by atoms with Gasteiger partial charge in [-0.1, -0.05) is 32.9 Å². The Balaban J connectivity index is 1.39. The van der Waals surface area contributed by atoms with Crippen molar-refractivity contribution in [1.82, 2.24) is 15.5 Å². The van der Waals surface area contributed by atoms with Crippen LogP contribution in [0.5, 0.6) is 5.88 Å². The van der Waals surface area contributed by atoms with Gasteiger partial charge in [0.15, 0.2) is 5.76 Å². The zero-order chi connectivity index (χ0) is 20.0. The molecule has 3 rings (SSSR count). The molecule has 0 saturated carbocycles. The highest BCUT2D eigenvalue weighted by Crippen LogP contribution is 2.23. The van der Waals surface area contributed by atoms with Crippen LogP contribution in [-0.2, 0) is 5.41 Å². The minimum absolute atomic E-state index is 0.0805. The first-order chi connectivity index (χ1) is 13.4. The van der Waals surface area contributed by atoms with E-state index >= 15 is 0 Å². The van der Waals surface area contributed by atoms with Crippen LogP contribution in [0, 0.1) is 0 Å². The van der Waals surface area contributed by atoms with E-state index in [-0.39, 0.29) is 18.1 Å². The normalized spacial score (nSPS) is 11.1. The van der Waals surface area contributed by atoms with Crippen LogP contribution < -0.4 is 15.4 Å². The van der Waals surface area contributed by atoms with Crippen molar-refractivity contribution in [3.63, 3.8) is 0 Å². The fourth-order valence-corrected chi connectivity index (χ4v) is 2.50. The number of hydrogen-bond donors (Lipinski definition) is 2. The number of furan rings is 1. The van der Waals surface area contributed by atoms with Crippen LogP contribution in [0.25, 0.3) is 11.5 Å². The topological polar surface area (TPSA) is 89.3 Å². The molecule has 0 spiro atoms. The van der Waals surface area contributed by atoms with Gasteiger partial charge in [-0.25, -0.2) is 4.79 Å². The largest absolute Gasteiger partial charge is 0.475 e. The van der Waals surface area contributed by atoms with Gasteiger partial charge in [-0.3, -0.25) is 0 Å². The molecule has 7 nitrogen and oxygen atoms in total. The Bertz CT molecular complexity index is 883. The summed E-state index contributed by atoms with van der Waals surface area (Å²) in [5.41, 5.74) is 2.67. The molecule has 0 radical (unpaired) electrons. The molecule has 28 heavy (non-hydrogen) atoms. The third kappa shape index (κ3) is 5.33. The van der Waals surface area contributed by atoms with Gasteiger partial charge in [-0.15, -0.1) is 10.2 Å². The molecule has 0 aliphatic heterocycles. The van der Waals surface area contributed by atoms with Crippen LogP contribution in [0.2, 0.25) is 0 Å². The number of carbonyl (C=O) groups excluding carboxylic acids is 1. The van der Waals surface area contributed by atoms with Gasteiger partial charge in [0.2, 0.25) is 5.88 Å². The number of hydrogen-bond acceptors (Lipinski definition) is 5. The summed E-state index contributed by atoms with van der Waals surface area (Å²) in [6, 6.07) is 14.6. The summed E-state index contributed by atoms with van der Waals surface area (Å²) in [4.78, 5) is 12.0. The number of amides is 2. The Hall–Kier alpha value is -3.35. The Morgan fingerprint density at radius 1 is 1.07 bits per heavy atom. The third-order valence-corrected chi connectivity index (χ3v) is 4.06. The van der Waals surface area contributed by atoms with Gasteiger partial charge in [-0.05, 0) is 41.3 Å². The summed E-state index contributed by atoms with van der Waals surface area (Å²) < 4.78 is 10.7. The quantitative estimate of drug-likeness (QED) is 0.625. The number of nitrogens with one attached hydrogen (secondary N) is 2. The van der Waals surface area contributed by atoms with E-state index in [1.807, 2.05) is 30.3 Å². The Labute approximate surface area is 164 Å². The molecule has 2 amide bonds. The molecule has 7 heteroatoms. The number of aromatic nitrogens is 2. The van der Waals surface area contributed by atoms with Crippen molar-refractivity contribution < 1.29 is 13.9 Å². The lowest BCUT2D eigenvalue weighted by molar-refractivity contribution is 0.246. The standard InChI is InChI=1S/C21H24N4O3/c1-21(2,3)15-6-8-16(9-7-15)23-20(26)22-12-14-28-19-11-10-17(24-25-19)18-5-4-13-27-18/h4-11,13H,12,14H2,1-3H3,(H2,22,23,26). The molecule has 0 unspecified atom stereocenters. The molecule has 146 valence electrons. The molecule has 2 N–H and O–H groups in total. The second-order valence-electron chi connectivity index (χ2n) is 7.29. The fraction of sp³-hybridized carbons (Fsp3) is 0.286. The first-order valence-electron chi connectivity index (χ1n) is 9.07. The zero-order valence-corrected chi connectivity index (χ0v) is 16.2. The molecule has 0 bridgehead atoms. The van der Waals surface area contributed by atoms with Crippen LogP contribution in [0.4, 0.5) is 10.5 Å². The average Bonchev–Trinajstić information content (AvgIpc) is 3.20. The summed E-state index contributed by atoms with van der Waals surface area (Å²) in [5, 5.41) is 13.6. The van der Waals surface area contributed by atoms with Crippen LogP contribution >= 0.6 is 0 Å². The van der Waals surface area contributed by atoms with Crippen LogP contribution in [-0.4, -0.2) is 29.4 Å². The van der Waals surface area contributed by atoms with E-state index < -0.39 is 0 Å². The summed E-state index contributed by atoms with van der Waals surface area (Å²) in [6.07, 6.45) is 1.58. The van der Waals surface area contributed by atoms with Crippen LogP contribution in [0.3, 0.4) is 0 Å². The first-order valence-corrected chi connectivity index (χ1v) is 9.07. The van der Waals surface area contributed by atoms with Crippen molar-refractivity contribution in [2.75, 3.05) is 18.5 Å². The maximum absolute atomic E-state index is 12.0. The number of anilines is 1.